The van der Waals surface area contributed by atoms with Gasteiger partial charge in [0.2, 0.25) is 17.7 Å². The van der Waals surface area contributed by atoms with Gasteiger partial charge in [0.15, 0.2) is 0 Å². The van der Waals surface area contributed by atoms with E-state index in [1.807, 2.05) is 36.4 Å². The van der Waals surface area contributed by atoms with Crippen molar-refractivity contribution in [1.82, 2.24) is 20.4 Å². The average molecular weight is 510 g/mol. The van der Waals surface area contributed by atoms with Crippen LogP contribution in [0, 0.1) is 5.92 Å². The normalized spacial score (nSPS) is 11.7. The van der Waals surface area contributed by atoms with E-state index in [2.05, 4.69) is 34.9 Å². The fourth-order valence-electron chi connectivity index (χ4n) is 4.05. The lowest BCUT2D eigenvalue weighted by Crippen LogP contribution is -2.51. The number of hydrogen-bond acceptors (Lipinski definition) is 5. The molecule has 5 amide bonds. The van der Waals surface area contributed by atoms with Crippen LogP contribution >= 0.6 is 0 Å². The van der Waals surface area contributed by atoms with E-state index in [1.54, 1.807) is 27.9 Å². The average Bonchev–Trinajstić information content (AvgIpc) is 2.87. The summed E-state index contributed by atoms with van der Waals surface area (Å²) in [6, 6.07) is 19.0. The number of amides is 5. The van der Waals surface area contributed by atoms with Crippen LogP contribution < -0.4 is 16.4 Å². The largest absolute Gasteiger partial charge is 0.368 e. The summed E-state index contributed by atoms with van der Waals surface area (Å²) < 4.78 is 0. The zero-order valence-corrected chi connectivity index (χ0v) is 22.1. The van der Waals surface area contributed by atoms with Crippen molar-refractivity contribution in [3.05, 3.63) is 71.8 Å². The van der Waals surface area contributed by atoms with Crippen molar-refractivity contribution in [2.75, 3.05) is 27.2 Å². The molecular formula is C28H39N5O4. The smallest absolute Gasteiger partial charge is 0.324 e. The van der Waals surface area contributed by atoms with Gasteiger partial charge in [-0.2, -0.15) is 0 Å². The predicted molar refractivity (Wildman–Crippen MR) is 143 cm³/mol. The maximum Gasteiger partial charge on any atom is 0.324 e. The Morgan fingerprint density at radius 3 is 1.89 bits per heavy atom. The van der Waals surface area contributed by atoms with Crippen LogP contribution in [0.4, 0.5) is 4.79 Å². The Hall–Kier alpha value is -3.72. The van der Waals surface area contributed by atoms with Crippen molar-refractivity contribution in [1.29, 1.82) is 0 Å². The molecule has 0 aliphatic heterocycles. The molecule has 2 rings (SSSR count). The molecule has 0 saturated heterocycles. The summed E-state index contributed by atoms with van der Waals surface area (Å²) in [5.41, 5.74) is 7.38. The molecule has 2 aromatic carbocycles. The summed E-state index contributed by atoms with van der Waals surface area (Å²) >= 11 is 0. The molecule has 4 N–H and O–H groups in total. The summed E-state index contributed by atoms with van der Waals surface area (Å²) in [6.07, 6.45) is 1.01. The molecule has 200 valence electrons. The van der Waals surface area contributed by atoms with Crippen LogP contribution in [-0.4, -0.2) is 66.8 Å². The Morgan fingerprint density at radius 2 is 1.43 bits per heavy atom. The Balaban J connectivity index is 2.13. The van der Waals surface area contributed by atoms with Crippen molar-refractivity contribution in [3.63, 3.8) is 0 Å². The summed E-state index contributed by atoms with van der Waals surface area (Å²) in [7, 11) is 3.27. The highest BCUT2D eigenvalue weighted by Gasteiger charge is 2.32. The topological polar surface area (TPSA) is 125 Å². The molecule has 37 heavy (non-hydrogen) atoms. The van der Waals surface area contributed by atoms with Gasteiger partial charge in [-0.15, -0.1) is 0 Å². The van der Waals surface area contributed by atoms with Crippen LogP contribution in [0.25, 0.3) is 0 Å². The molecule has 2 aromatic rings. The molecule has 0 saturated carbocycles. The van der Waals surface area contributed by atoms with Crippen LogP contribution in [0.1, 0.15) is 50.3 Å². The second-order valence-electron chi connectivity index (χ2n) is 9.47. The molecule has 0 bridgehead atoms. The first-order valence-electron chi connectivity index (χ1n) is 12.5. The molecule has 0 spiro atoms. The van der Waals surface area contributed by atoms with Crippen LogP contribution in [0.15, 0.2) is 60.7 Å². The SMILES string of the molecule is CC(C)N(C(=O)NCC(N)=O)C(=O)C(CCCNC(c1ccccc1)c1ccccc1)CC(=O)N(C)C. The number of nitrogens with one attached hydrogen (secondary N) is 2. The number of rotatable bonds is 13. The highest BCUT2D eigenvalue weighted by molar-refractivity contribution is 5.98. The second kappa shape index (κ2) is 14.7. The van der Waals surface area contributed by atoms with Crippen LogP contribution in [0.2, 0.25) is 0 Å². The third kappa shape index (κ3) is 9.34. The van der Waals surface area contributed by atoms with Gasteiger partial charge < -0.3 is 21.3 Å². The van der Waals surface area contributed by atoms with Gasteiger partial charge in [-0.1, -0.05) is 60.7 Å². The van der Waals surface area contributed by atoms with Crippen molar-refractivity contribution in [2.45, 2.75) is 45.2 Å². The monoisotopic (exact) mass is 509 g/mol. The van der Waals surface area contributed by atoms with Gasteiger partial charge in [0.25, 0.3) is 0 Å². The number of primary amides is 1. The first-order chi connectivity index (χ1) is 17.6. The number of nitrogens with zero attached hydrogens (tertiary/aromatic N) is 2. The third-order valence-corrected chi connectivity index (χ3v) is 6.00. The molecular weight excluding hydrogens is 470 g/mol. The van der Waals surface area contributed by atoms with E-state index >= 15 is 0 Å². The first-order valence-corrected chi connectivity index (χ1v) is 12.5. The summed E-state index contributed by atoms with van der Waals surface area (Å²) in [6.45, 7) is 3.64. The Morgan fingerprint density at radius 1 is 0.892 bits per heavy atom. The van der Waals surface area contributed by atoms with E-state index in [1.165, 1.54) is 4.90 Å². The Labute approximate surface area is 219 Å². The van der Waals surface area contributed by atoms with Gasteiger partial charge in [0.05, 0.1) is 12.6 Å². The summed E-state index contributed by atoms with van der Waals surface area (Å²) in [5.74, 6) is -2.04. The molecule has 1 atom stereocenters. The zero-order valence-electron chi connectivity index (χ0n) is 22.1. The van der Waals surface area contributed by atoms with Crippen LogP contribution in [0.5, 0.6) is 0 Å². The molecule has 1 unspecified atom stereocenters. The molecule has 9 heteroatoms. The maximum absolute atomic E-state index is 13.5. The quantitative estimate of drug-likeness (QED) is 0.358. The Bertz CT molecular complexity index is 988. The molecule has 9 nitrogen and oxygen atoms in total. The van der Waals surface area contributed by atoms with Crippen LogP contribution in [0.3, 0.4) is 0 Å². The van der Waals surface area contributed by atoms with Crippen molar-refractivity contribution >= 4 is 23.8 Å². The van der Waals surface area contributed by atoms with Gasteiger partial charge in [-0.3, -0.25) is 19.3 Å². The van der Waals surface area contributed by atoms with E-state index in [0.717, 1.165) is 16.0 Å². The lowest BCUT2D eigenvalue weighted by Gasteiger charge is -2.29. The number of hydrogen-bond donors (Lipinski definition) is 3. The number of carbonyl (C=O) groups is 4. The van der Waals surface area contributed by atoms with Gasteiger partial charge >= 0.3 is 6.03 Å². The fourth-order valence-corrected chi connectivity index (χ4v) is 4.05. The lowest BCUT2D eigenvalue weighted by atomic mass is 9.95. The van der Waals surface area contributed by atoms with Gasteiger partial charge in [0, 0.05) is 32.5 Å². The van der Waals surface area contributed by atoms with Crippen molar-refractivity contribution < 1.29 is 19.2 Å². The molecule has 0 aliphatic rings. The van der Waals surface area contributed by atoms with E-state index in [9.17, 15) is 19.2 Å². The lowest BCUT2D eigenvalue weighted by molar-refractivity contribution is -0.139. The van der Waals surface area contributed by atoms with Crippen molar-refractivity contribution in [3.8, 4) is 0 Å². The number of urea groups is 1. The zero-order chi connectivity index (χ0) is 27.4. The molecule has 0 radical (unpaired) electrons. The maximum atomic E-state index is 13.5. The minimum Gasteiger partial charge on any atom is -0.368 e. The highest BCUT2D eigenvalue weighted by atomic mass is 16.2. The summed E-state index contributed by atoms with van der Waals surface area (Å²) in [5, 5.41) is 5.96. The predicted octanol–water partition coefficient (Wildman–Crippen LogP) is 2.67. The van der Waals surface area contributed by atoms with E-state index < -0.39 is 29.8 Å². The standard InChI is InChI=1S/C28H39N5O4/c1-20(2)33(28(37)31-19-24(29)34)27(36)23(18-25(35)32(3)4)16-11-17-30-26(21-12-7-5-8-13-21)22-14-9-6-10-15-22/h5-10,12-15,20,23,26,30H,11,16-19H2,1-4H3,(H2,29,34)(H,31,37). The minimum atomic E-state index is -0.707. The van der Waals surface area contributed by atoms with Gasteiger partial charge in [-0.05, 0) is 44.4 Å². The molecule has 0 fully saturated rings. The third-order valence-electron chi connectivity index (χ3n) is 6.00. The number of benzene rings is 2. The minimum absolute atomic E-state index is 0.0149. The molecule has 0 aliphatic carbocycles. The Kier molecular flexibility index (Phi) is 11.8. The number of carbonyl (C=O) groups excluding carboxylic acids is 4. The van der Waals surface area contributed by atoms with Gasteiger partial charge in [-0.25, -0.2) is 4.79 Å². The van der Waals surface area contributed by atoms with Crippen LogP contribution in [-0.2, 0) is 14.4 Å². The molecule has 0 aromatic heterocycles. The molecule has 0 heterocycles. The highest BCUT2D eigenvalue weighted by Crippen LogP contribution is 2.23. The number of nitrogens with two attached hydrogens (primary N) is 1. The summed E-state index contributed by atoms with van der Waals surface area (Å²) in [4.78, 5) is 52.3. The number of imide groups is 1. The van der Waals surface area contributed by atoms with E-state index in [-0.39, 0.29) is 24.9 Å². The van der Waals surface area contributed by atoms with E-state index in [4.69, 9.17) is 5.73 Å². The van der Waals surface area contributed by atoms with Gasteiger partial charge in [0.1, 0.15) is 0 Å². The second-order valence-corrected chi connectivity index (χ2v) is 9.47. The fraction of sp³-hybridized carbons (Fsp3) is 0.429. The van der Waals surface area contributed by atoms with E-state index in [0.29, 0.717) is 19.4 Å². The first kappa shape index (κ1) is 29.5. The van der Waals surface area contributed by atoms with Crippen molar-refractivity contribution in [2.24, 2.45) is 11.7 Å².